The van der Waals surface area contributed by atoms with E-state index in [1.54, 1.807) is 0 Å². The van der Waals surface area contributed by atoms with E-state index < -0.39 is 0 Å². The minimum Gasteiger partial charge on any atom is -0.340 e. The number of hydrogen-bond donors (Lipinski definition) is 0. The van der Waals surface area contributed by atoms with Crippen molar-refractivity contribution in [2.24, 2.45) is 0 Å². The lowest BCUT2D eigenvalue weighted by molar-refractivity contribution is 0.677. The first-order chi connectivity index (χ1) is 11.9. The summed E-state index contributed by atoms with van der Waals surface area (Å²) in [6.45, 7) is 3.29. The largest absolute Gasteiger partial charge is 0.340 e. The molecule has 3 aromatic rings. The topological polar surface area (TPSA) is 4.93 Å². The number of aryl methyl sites for hydroxylation is 1. The van der Waals surface area contributed by atoms with Gasteiger partial charge in [-0.25, -0.2) is 0 Å². The van der Waals surface area contributed by atoms with Gasteiger partial charge in [0, 0.05) is 41.2 Å². The van der Waals surface area contributed by atoms with Gasteiger partial charge in [-0.3, -0.25) is 0 Å². The molecule has 0 saturated heterocycles. The van der Waals surface area contributed by atoms with Gasteiger partial charge in [0.2, 0.25) is 0 Å². The molecule has 0 saturated carbocycles. The Morgan fingerprint density at radius 3 is 1.92 bits per heavy atom. The fourth-order valence-electron chi connectivity index (χ4n) is 3.39. The summed E-state index contributed by atoms with van der Waals surface area (Å²) in [5, 5.41) is 2.71. The Bertz CT molecular complexity index is 791. The van der Waals surface area contributed by atoms with E-state index in [1.165, 1.54) is 47.5 Å². The molecule has 0 aliphatic rings. The third-order valence-electron chi connectivity index (χ3n) is 4.64. The van der Waals surface area contributed by atoms with Gasteiger partial charge in [-0.1, -0.05) is 62.6 Å². The highest BCUT2D eigenvalue weighted by atomic mass is 15.0. The van der Waals surface area contributed by atoms with Gasteiger partial charge in [-0.15, -0.1) is 11.8 Å². The predicted octanol–water partition coefficient (Wildman–Crippen LogP) is 6.55. The summed E-state index contributed by atoms with van der Waals surface area (Å²) in [6.07, 6.45) is 8.40. The second kappa shape index (κ2) is 8.60. The summed E-state index contributed by atoms with van der Waals surface area (Å²) in [4.78, 5) is 0. The molecule has 1 nitrogen and oxygen atoms in total. The maximum Gasteiger partial charge on any atom is 0.0491 e. The average molecular weight is 317 g/mol. The van der Waals surface area contributed by atoms with Crippen molar-refractivity contribution in [3.8, 4) is 11.8 Å². The van der Waals surface area contributed by atoms with E-state index in [2.05, 4.69) is 71.9 Å². The predicted molar refractivity (Wildman–Crippen MR) is 105 cm³/mol. The van der Waals surface area contributed by atoms with E-state index in [1.807, 2.05) is 0 Å². The lowest BCUT2D eigenvalue weighted by Gasteiger charge is -2.05. The highest BCUT2D eigenvalue weighted by Crippen LogP contribution is 2.28. The molecule has 0 atom stereocenters. The Labute approximate surface area is 145 Å². The fourth-order valence-corrected chi connectivity index (χ4v) is 3.39. The van der Waals surface area contributed by atoms with E-state index in [9.17, 15) is 0 Å². The van der Waals surface area contributed by atoms with Crippen LogP contribution in [-0.4, -0.2) is 4.57 Å². The first kappa shape index (κ1) is 16.7. The van der Waals surface area contributed by atoms with E-state index in [4.69, 9.17) is 0 Å². The highest BCUT2D eigenvalue weighted by molar-refractivity contribution is 6.07. The van der Waals surface area contributed by atoms with Crippen LogP contribution in [0.2, 0.25) is 0 Å². The minimum atomic E-state index is 0.995. The first-order valence-corrected chi connectivity index (χ1v) is 9.33. The normalized spacial score (nSPS) is 10.9. The smallest absolute Gasteiger partial charge is 0.0491 e. The monoisotopic (exact) mass is 317 g/mol. The van der Waals surface area contributed by atoms with Crippen LogP contribution in [0.5, 0.6) is 0 Å². The standard InChI is InChI=1S/C23H27N/c1-2-3-4-5-6-7-8-9-14-19-24-22-17-12-10-15-20(22)21-16-11-13-18-23(21)24/h10-13,15-18H,2-6,9,14,19H2,1H3. The zero-order valence-corrected chi connectivity index (χ0v) is 14.7. The summed E-state index contributed by atoms with van der Waals surface area (Å²) in [5.74, 6) is 6.70. The lowest BCUT2D eigenvalue weighted by Crippen LogP contribution is -1.96. The molecule has 3 rings (SSSR count). The van der Waals surface area contributed by atoms with Crippen LogP contribution in [-0.2, 0) is 6.54 Å². The van der Waals surface area contributed by atoms with Crippen LogP contribution in [0.1, 0.15) is 51.9 Å². The molecule has 0 unspecified atom stereocenters. The molecule has 24 heavy (non-hydrogen) atoms. The van der Waals surface area contributed by atoms with E-state index >= 15 is 0 Å². The minimum absolute atomic E-state index is 0.995. The first-order valence-electron chi connectivity index (χ1n) is 9.33. The average Bonchev–Trinajstić information content (AvgIpc) is 2.95. The van der Waals surface area contributed by atoms with Crippen molar-refractivity contribution in [1.29, 1.82) is 0 Å². The number of para-hydroxylation sites is 2. The van der Waals surface area contributed by atoms with Crippen LogP contribution >= 0.6 is 0 Å². The summed E-state index contributed by atoms with van der Waals surface area (Å²) >= 11 is 0. The fraction of sp³-hybridized carbons (Fsp3) is 0.391. The third-order valence-corrected chi connectivity index (χ3v) is 4.64. The number of nitrogens with zero attached hydrogens (tertiary/aromatic N) is 1. The number of hydrogen-bond acceptors (Lipinski definition) is 0. The van der Waals surface area contributed by atoms with Crippen molar-refractivity contribution in [2.45, 2.75) is 58.4 Å². The zero-order valence-electron chi connectivity index (χ0n) is 14.7. The Balaban J connectivity index is 1.62. The summed E-state index contributed by atoms with van der Waals surface area (Å²) in [5.41, 5.74) is 2.68. The maximum absolute atomic E-state index is 3.36. The van der Waals surface area contributed by atoms with E-state index in [0.717, 1.165) is 25.8 Å². The molecule has 0 amide bonds. The molecule has 1 heteroatoms. The second-order valence-electron chi connectivity index (χ2n) is 6.45. The SMILES string of the molecule is CCCCCCC#CCCCn1c2ccccc2c2ccccc21. The Hall–Kier alpha value is -2.20. The van der Waals surface area contributed by atoms with Gasteiger partial charge in [-0.2, -0.15) is 0 Å². The number of rotatable bonds is 7. The lowest BCUT2D eigenvalue weighted by atomic mass is 10.1. The van der Waals surface area contributed by atoms with Crippen molar-refractivity contribution >= 4 is 21.8 Å². The van der Waals surface area contributed by atoms with Crippen LogP contribution in [0, 0.1) is 11.8 Å². The summed E-state index contributed by atoms with van der Waals surface area (Å²) in [7, 11) is 0. The molecule has 0 bridgehead atoms. The van der Waals surface area contributed by atoms with Crippen molar-refractivity contribution in [3.63, 3.8) is 0 Å². The van der Waals surface area contributed by atoms with E-state index in [0.29, 0.717) is 0 Å². The zero-order chi connectivity index (χ0) is 16.6. The molecule has 2 aromatic carbocycles. The quantitative estimate of drug-likeness (QED) is 0.344. The van der Waals surface area contributed by atoms with E-state index in [-0.39, 0.29) is 0 Å². The summed E-state index contributed by atoms with van der Waals surface area (Å²) in [6, 6.07) is 17.4. The van der Waals surface area contributed by atoms with Gasteiger partial charge in [0.05, 0.1) is 0 Å². The molecule has 1 heterocycles. The maximum atomic E-state index is 3.36. The van der Waals surface area contributed by atoms with Gasteiger partial charge in [0.15, 0.2) is 0 Å². The van der Waals surface area contributed by atoms with Crippen LogP contribution in [0.4, 0.5) is 0 Å². The number of benzene rings is 2. The van der Waals surface area contributed by atoms with Crippen molar-refractivity contribution in [2.75, 3.05) is 0 Å². The molecule has 0 radical (unpaired) electrons. The highest BCUT2D eigenvalue weighted by Gasteiger charge is 2.08. The van der Waals surface area contributed by atoms with Gasteiger partial charge in [0.1, 0.15) is 0 Å². The number of unbranched alkanes of at least 4 members (excludes halogenated alkanes) is 5. The molecular weight excluding hydrogens is 290 g/mol. The van der Waals surface area contributed by atoms with Gasteiger partial charge in [-0.05, 0) is 25.0 Å². The van der Waals surface area contributed by atoms with Gasteiger partial charge in [0.25, 0.3) is 0 Å². The molecule has 0 N–H and O–H groups in total. The molecule has 124 valence electrons. The van der Waals surface area contributed by atoms with Crippen LogP contribution in [0.15, 0.2) is 48.5 Å². The third kappa shape index (κ3) is 3.82. The van der Waals surface area contributed by atoms with Crippen LogP contribution in [0.25, 0.3) is 21.8 Å². The number of aromatic nitrogens is 1. The molecular formula is C23H27N. The van der Waals surface area contributed by atoms with Gasteiger partial charge < -0.3 is 4.57 Å². The van der Waals surface area contributed by atoms with Crippen molar-refractivity contribution in [3.05, 3.63) is 48.5 Å². The molecule has 1 aromatic heterocycles. The summed E-state index contributed by atoms with van der Waals surface area (Å²) < 4.78 is 2.45. The Kier molecular flexibility index (Phi) is 5.96. The van der Waals surface area contributed by atoms with Crippen LogP contribution in [0.3, 0.4) is 0 Å². The molecule has 0 fully saturated rings. The Morgan fingerprint density at radius 1 is 0.708 bits per heavy atom. The van der Waals surface area contributed by atoms with Crippen molar-refractivity contribution in [1.82, 2.24) is 4.57 Å². The van der Waals surface area contributed by atoms with Crippen molar-refractivity contribution < 1.29 is 0 Å². The number of fused-ring (bicyclic) bond motifs is 3. The van der Waals surface area contributed by atoms with Gasteiger partial charge >= 0.3 is 0 Å². The second-order valence-corrected chi connectivity index (χ2v) is 6.45. The molecule has 0 aliphatic carbocycles. The molecule has 0 aliphatic heterocycles. The van der Waals surface area contributed by atoms with Crippen LogP contribution < -0.4 is 0 Å². The molecule has 0 spiro atoms. The Morgan fingerprint density at radius 2 is 1.29 bits per heavy atom.